The van der Waals surface area contributed by atoms with Gasteiger partial charge in [0.2, 0.25) is 0 Å². The summed E-state index contributed by atoms with van der Waals surface area (Å²) in [6.07, 6.45) is 1.92. The predicted molar refractivity (Wildman–Crippen MR) is 65.9 cm³/mol. The molecule has 0 aromatic heterocycles. The molecule has 0 radical (unpaired) electrons. The van der Waals surface area contributed by atoms with Crippen LogP contribution >= 0.6 is 0 Å². The van der Waals surface area contributed by atoms with E-state index >= 15 is 0 Å². The number of aliphatic carboxylic acids is 1. The van der Waals surface area contributed by atoms with Crippen LogP contribution in [0.3, 0.4) is 0 Å². The van der Waals surface area contributed by atoms with E-state index in [4.69, 9.17) is 10.8 Å². The lowest BCUT2D eigenvalue weighted by Gasteiger charge is -2.41. The first-order chi connectivity index (χ1) is 8.25. The van der Waals surface area contributed by atoms with Crippen LogP contribution in [0.4, 0.5) is 0 Å². The van der Waals surface area contributed by atoms with Crippen molar-refractivity contribution in [2.45, 2.75) is 44.7 Å². The molecular formula is C10H20N3O4S-. The van der Waals surface area contributed by atoms with Gasteiger partial charge in [-0.25, -0.2) is 5.01 Å². The molecule has 0 spiro atoms. The largest absolute Gasteiger partial charge is 0.759 e. The van der Waals surface area contributed by atoms with Gasteiger partial charge in [0, 0.05) is 29.9 Å². The summed E-state index contributed by atoms with van der Waals surface area (Å²) in [5, 5.41) is 10.5. The molecule has 2 atom stereocenters. The van der Waals surface area contributed by atoms with E-state index in [1.807, 2.05) is 13.8 Å². The fourth-order valence-corrected chi connectivity index (χ4v) is 2.87. The highest BCUT2D eigenvalue weighted by molar-refractivity contribution is 7.76. The highest BCUT2D eigenvalue weighted by Crippen LogP contribution is 2.30. The van der Waals surface area contributed by atoms with Crippen LogP contribution in [0.15, 0.2) is 0 Å². The van der Waals surface area contributed by atoms with E-state index in [9.17, 15) is 13.6 Å². The van der Waals surface area contributed by atoms with Crippen molar-refractivity contribution < 1.29 is 18.7 Å². The molecule has 1 heterocycles. The molecule has 8 heteroatoms. The molecular weight excluding hydrogens is 258 g/mol. The highest BCUT2D eigenvalue weighted by Gasteiger charge is 2.36. The minimum atomic E-state index is -2.41. The molecule has 0 bridgehead atoms. The smallest absolute Gasteiger partial charge is 0.320 e. The molecule has 18 heavy (non-hydrogen) atoms. The van der Waals surface area contributed by atoms with Gasteiger partial charge in [-0.1, -0.05) is 0 Å². The third-order valence-corrected chi connectivity index (χ3v) is 3.97. The Hall–Kier alpha value is -0.540. The fraction of sp³-hybridized carbons (Fsp3) is 0.900. The van der Waals surface area contributed by atoms with Crippen molar-refractivity contribution in [2.75, 3.05) is 13.1 Å². The van der Waals surface area contributed by atoms with Crippen LogP contribution in [0.5, 0.6) is 0 Å². The minimum Gasteiger partial charge on any atom is -0.759 e. The maximum absolute atomic E-state index is 11.3. The first kappa shape index (κ1) is 15.5. The lowest BCUT2D eigenvalue weighted by molar-refractivity contribution is -0.138. The number of nitrogens with two attached hydrogens (primary N) is 1. The van der Waals surface area contributed by atoms with E-state index < -0.39 is 23.3 Å². The van der Waals surface area contributed by atoms with Gasteiger partial charge in [0.1, 0.15) is 6.04 Å². The van der Waals surface area contributed by atoms with Crippen molar-refractivity contribution in [3.8, 4) is 0 Å². The maximum atomic E-state index is 11.3. The molecule has 1 aliphatic heterocycles. The summed E-state index contributed by atoms with van der Waals surface area (Å²) in [5.41, 5.74) is 5.16. The Kier molecular flexibility index (Phi) is 5.23. The van der Waals surface area contributed by atoms with Gasteiger partial charge in [-0.05, 0) is 33.1 Å². The predicted octanol–water partition coefficient (Wildman–Crippen LogP) is -0.326. The van der Waals surface area contributed by atoms with E-state index in [0.29, 0.717) is 6.54 Å². The number of carbonyl (C=O) groups is 1. The van der Waals surface area contributed by atoms with Crippen LogP contribution in [0.25, 0.3) is 0 Å². The number of rotatable bonds is 6. The summed E-state index contributed by atoms with van der Waals surface area (Å²) in [6.45, 7) is 4.68. The summed E-state index contributed by atoms with van der Waals surface area (Å²) in [6, 6.07) is -1.04. The third-order valence-electron chi connectivity index (χ3n) is 3.25. The number of hydrazine groups is 1. The van der Waals surface area contributed by atoms with Gasteiger partial charge >= 0.3 is 5.97 Å². The van der Waals surface area contributed by atoms with Crippen molar-refractivity contribution in [1.82, 2.24) is 9.42 Å². The molecule has 7 nitrogen and oxygen atoms in total. The SMILES string of the molecule is CC1(C)CCCN1N(CCC(N)C(=O)O)S(=O)[O-]. The van der Waals surface area contributed by atoms with E-state index in [1.165, 1.54) is 4.41 Å². The third kappa shape index (κ3) is 3.72. The number of nitrogens with zero attached hydrogens (tertiary/aromatic N) is 2. The normalized spacial score (nSPS) is 23.2. The van der Waals surface area contributed by atoms with Gasteiger partial charge in [-0.2, -0.15) is 4.41 Å². The summed E-state index contributed by atoms with van der Waals surface area (Å²) in [7, 11) is 0. The van der Waals surface area contributed by atoms with E-state index in [2.05, 4.69) is 0 Å². The Morgan fingerprint density at radius 2 is 2.28 bits per heavy atom. The highest BCUT2D eigenvalue weighted by atomic mass is 32.2. The van der Waals surface area contributed by atoms with E-state index in [-0.39, 0.29) is 18.5 Å². The summed E-state index contributed by atoms with van der Waals surface area (Å²) in [4.78, 5) is 10.6. The molecule has 1 fully saturated rings. The van der Waals surface area contributed by atoms with Gasteiger partial charge in [0.05, 0.1) is 0 Å². The quantitative estimate of drug-likeness (QED) is 0.644. The lowest BCUT2D eigenvalue weighted by atomic mass is 10.0. The number of carboxylic acids is 1. The second-order valence-corrected chi connectivity index (χ2v) is 5.92. The fourth-order valence-electron chi connectivity index (χ4n) is 2.16. The minimum absolute atomic E-state index is 0.0903. The Labute approximate surface area is 109 Å². The van der Waals surface area contributed by atoms with Crippen LogP contribution in [-0.2, 0) is 16.1 Å². The molecule has 0 aromatic rings. The van der Waals surface area contributed by atoms with Gasteiger partial charge in [0.15, 0.2) is 0 Å². The summed E-state index contributed by atoms with van der Waals surface area (Å²) in [5.74, 6) is -1.12. The second-order valence-electron chi connectivity index (χ2n) is 5.07. The standard InChI is InChI=1S/C10H21N3O4S/c1-10(2)5-3-6-12(10)13(18(16)17)7-4-8(11)9(14)15/h8H,3-7,11H2,1-2H3,(H,14,15)(H,16,17)/p-1. The number of carboxylic acid groups (broad SMARTS) is 1. The van der Waals surface area contributed by atoms with Crippen LogP contribution in [0.1, 0.15) is 33.1 Å². The zero-order chi connectivity index (χ0) is 13.9. The van der Waals surface area contributed by atoms with Crippen molar-refractivity contribution in [2.24, 2.45) is 5.73 Å². The molecule has 1 saturated heterocycles. The van der Waals surface area contributed by atoms with Crippen LogP contribution in [0.2, 0.25) is 0 Å². The molecule has 2 unspecified atom stereocenters. The summed E-state index contributed by atoms with van der Waals surface area (Å²) >= 11 is -2.41. The van der Waals surface area contributed by atoms with Crippen molar-refractivity contribution in [1.29, 1.82) is 0 Å². The van der Waals surface area contributed by atoms with Gasteiger partial charge in [-0.15, -0.1) is 0 Å². The van der Waals surface area contributed by atoms with Gasteiger partial charge in [0.25, 0.3) is 0 Å². The average molecular weight is 278 g/mol. The molecule has 1 aliphatic rings. The molecule has 0 aliphatic carbocycles. The zero-order valence-electron chi connectivity index (χ0n) is 10.7. The number of hydrogen-bond acceptors (Lipinski definition) is 5. The summed E-state index contributed by atoms with van der Waals surface area (Å²) < 4.78 is 23.7. The first-order valence-electron chi connectivity index (χ1n) is 5.88. The topological polar surface area (TPSA) is 110 Å². The lowest BCUT2D eigenvalue weighted by Crippen LogP contribution is -2.52. The molecule has 0 amide bonds. The Morgan fingerprint density at radius 1 is 1.67 bits per heavy atom. The van der Waals surface area contributed by atoms with Crippen molar-refractivity contribution in [3.05, 3.63) is 0 Å². The zero-order valence-corrected chi connectivity index (χ0v) is 11.5. The van der Waals surface area contributed by atoms with Crippen molar-refractivity contribution in [3.63, 3.8) is 0 Å². The maximum Gasteiger partial charge on any atom is 0.320 e. The van der Waals surface area contributed by atoms with Crippen LogP contribution in [-0.4, -0.2) is 53.9 Å². The second kappa shape index (κ2) is 6.07. The van der Waals surface area contributed by atoms with Crippen LogP contribution in [0, 0.1) is 0 Å². The monoisotopic (exact) mass is 278 g/mol. The molecule has 1 rings (SSSR count). The molecule has 0 aromatic carbocycles. The van der Waals surface area contributed by atoms with Gasteiger partial charge < -0.3 is 15.4 Å². The van der Waals surface area contributed by atoms with Crippen molar-refractivity contribution >= 4 is 17.2 Å². The average Bonchev–Trinajstić information content (AvgIpc) is 2.58. The molecule has 106 valence electrons. The Balaban J connectivity index is 2.66. The van der Waals surface area contributed by atoms with Gasteiger partial charge in [-0.3, -0.25) is 9.00 Å². The first-order valence-corrected chi connectivity index (χ1v) is 6.92. The Bertz CT molecular complexity index is 337. The van der Waals surface area contributed by atoms with E-state index in [0.717, 1.165) is 12.8 Å². The van der Waals surface area contributed by atoms with E-state index in [1.54, 1.807) is 5.01 Å². The Morgan fingerprint density at radius 3 is 2.67 bits per heavy atom. The van der Waals surface area contributed by atoms with Crippen LogP contribution < -0.4 is 5.73 Å². The molecule has 0 saturated carbocycles. The molecule has 3 N–H and O–H groups in total. The number of hydrogen-bond donors (Lipinski definition) is 2.